The highest BCUT2D eigenvalue weighted by atomic mass is 16.3. The van der Waals surface area contributed by atoms with Crippen molar-refractivity contribution in [1.29, 1.82) is 0 Å². The highest BCUT2D eigenvalue weighted by Crippen LogP contribution is 2.25. The molecule has 1 aliphatic rings. The first-order valence-corrected chi connectivity index (χ1v) is 7.05. The van der Waals surface area contributed by atoms with Crippen LogP contribution in [0.2, 0.25) is 0 Å². The Hall–Kier alpha value is -1.94. The Kier molecular flexibility index (Phi) is 3.65. The molecule has 1 unspecified atom stereocenters. The zero-order valence-electron chi connectivity index (χ0n) is 11.7. The molecule has 4 nitrogen and oxygen atoms in total. The molecule has 3 rings (SSSR count). The standard InChI is InChI=1S/C16H19N3O/c1-12-5-2-3-7-15(12)13-9-17-16(18-10-13)19-8-4-6-14(19)11-20/h2-3,5,7,9-10,14,20H,4,6,8,11H2,1H3. The molecule has 1 fully saturated rings. The summed E-state index contributed by atoms with van der Waals surface area (Å²) in [6.07, 6.45) is 5.85. The fourth-order valence-electron chi connectivity index (χ4n) is 2.79. The topological polar surface area (TPSA) is 49.2 Å². The second-order valence-corrected chi connectivity index (χ2v) is 5.26. The van der Waals surface area contributed by atoms with Crippen LogP contribution in [0.25, 0.3) is 11.1 Å². The van der Waals surface area contributed by atoms with Crippen molar-refractivity contribution >= 4 is 5.95 Å². The molecule has 1 saturated heterocycles. The summed E-state index contributed by atoms with van der Waals surface area (Å²) >= 11 is 0. The van der Waals surface area contributed by atoms with Gasteiger partial charge in [0.15, 0.2) is 0 Å². The van der Waals surface area contributed by atoms with Crippen molar-refractivity contribution in [3.8, 4) is 11.1 Å². The van der Waals surface area contributed by atoms with Gasteiger partial charge < -0.3 is 10.0 Å². The Labute approximate surface area is 119 Å². The van der Waals surface area contributed by atoms with E-state index in [1.54, 1.807) is 0 Å². The Morgan fingerprint density at radius 2 is 2.00 bits per heavy atom. The normalized spacial score (nSPS) is 18.5. The number of aliphatic hydroxyl groups excluding tert-OH is 1. The number of hydrogen-bond acceptors (Lipinski definition) is 4. The lowest BCUT2D eigenvalue weighted by Gasteiger charge is -2.22. The molecule has 2 aromatic rings. The van der Waals surface area contributed by atoms with E-state index in [0.29, 0.717) is 0 Å². The number of hydrogen-bond donors (Lipinski definition) is 1. The monoisotopic (exact) mass is 269 g/mol. The number of anilines is 1. The molecule has 1 aliphatic heterocycles. The predicted octanol–water partition coefficient (Wildman–Crippen LogP) is 2.41. The van der Waals surface area contributed by atoms with Gasteiger partial charge in [-0.1, -0.05) is 24.3 Å². The molecule has 0 aliphatic carbocycles. The first-order chi connectivity index (χ1) is 9.79. The van der Waals surface area contributed by atoms with E-state index in [4.69, 9.17) is 0 Å². The first-order valence-electron chi connectivity index (χ1n) is 7.05. The SMILES string of the molecule is Cc1ccccc1-c1cnc(N2CCCC2CO)nc1. The number of benzene rings is 1. The fourth-order valence-corrected chi connectivity index (χ4v) is 2.79. The van der Waals surface area contributed by atoms with Crippen molar-refractivity contribution in [2.75, 3.05) is 18.1 Å². The molecule has 20 heavy (non-hydrogen) atoms. The van der Waals surface area contributed by atoms with Crippen LogP contribution < -0.4 is 4.90 Å². The van der Waals surface area contributed by atoms with Gasteiger partial charge in [-0.15, -0.1) is 0 Å². The van der Waals surface area contributed by atoms with Gasteiger partial charge in [-0.3, -0.25) is 0 Å². The number of aliphatic hydroxyl groups is 1. The maximum atomic E-state index is 9.37. The van der Waals surface area contributed by atoms with Crippen LogP contribution in [0.4, 0.5) is 5.95 Å². The summed E-state index contributed by atoms with van der Waals surface area (Å²) < 4.78 is 0. The zero-order valence-corrected chi connectivity index (χ0v) is 11.7. The van der Waals surface area contributed by atoms with E-state index in [-0.39, 0.29) is 12.6 Å². The van der Waals surface area contributed by atoms with Crippen LogP contribution in [-0.2, 0) is 0 Å². The molecule has 1 aromatic heterocycles. The first kappa shape index (κ1) is 13.1. The van der Waals surface area contributed by atoms with Crippen molar-refractivity contribution in [3.05, 3.63) is 42.2 Å². The summed E-state index contributed by atoms with van der Waals surface area (Å²) in [7, 11) is 0. The minimum Gasteiger partial charge on any atom is -0.394 e. The second-order valence-electron chi connectivity index (χ2n) is 5.26. The lowest BCUT2D eigenvalue weighted by Crippen LogP contribution is -2.33. The minimum atomic E-state index is 0.166. The molecule has 0 saturated carbocycles. The van der Waals surface area contributed by atoms with Gasteiger partial charge in [-0.05, 0) is 30.9 Å². The van der Waals surface area contributed by atoms with Crippen LogP contribution in [0.5, 0.6) is 0 Å². The van der Waals surface area contributed by atoms with Crippen LogP contribution in [0.1, 0.15) is 18.4 Å². The molecular weight excluding hydrogens is 250 g/mol. The van der Waals surface area contributed by atoms with E-state index in [9.17, 15) is 5.11 Å². The summed E-state index contributed by atoms with van der Waals surface area (Å²) in [5, 5.41) is 9.37. The summed E-state index contributed by atoms with van der Waals surface area (Å²) in [4.78, 5) is 11.1. The second kappa shape index (κ2) is 5.59. The molecule has 2 heterocycles. The van der Waals surface area contributed by atoms with Crippen LogP contribution >= 0.6 is 0 Å². The Bertz CT molecular complexity index is 583. The molecular formula is C16H19N3O. The van der Waals surface area contributed by atoms with Gasteiger partial charge in [-0.25, -0.2) is 9.97 Å². The smallest absolute Gasteiger partial charge is 0.225 e. The van der Waals surface area contributed by atoms with Gasteiger partial charge in [0.05, 0.1) is 12.6 Å². The summed E-state index contributed by atoms with van der Waals surface area (Å²) in [5.41, 5.74) is 3.42. The van der Waals surface area contributed by atoms with Gasteiger partial charge in [0, 0.05) is 24.5 Å². The Balaban J connectivity index is 1.87. The number of aryl methyl sites for hydroxylation is 1. The highest BCUT2D eigenvalue weighted by Gasteiger charge is 2.25. The van der Waals surface area contributed by atoms with E-state index in [0.717, 1.165) is 30.9 Å². The number of rotatable bonds is 3. The zero-order chi connectivity index (χ0) is 13.9. The van der Waals surface area contributed by atoms with E-state index in [1.165, 1.54) is 11.1 Å². The number of nitrogens with zero attached hydrogens (tertiary/aromatic N) is 3. The van der Waals surface area contributed by atoms with Gasteiger partial charge in [-0.2, -0.15) is 0 Å². The van der Waals surface area contributed by atoms with Crippen molar-refractivity contribution in [1.82, 2.24) is 9.97 Å². The third-order valence-electron chi connectivity index (χ3n) is 3.94. The van der Waals surface area contributed by atoms with Crippen LogP contribution in [-0.4, -0.2) is 34.3 Å². The summed E-state index contributed by atoms with van der Waals surface area (Å²) in [6.45, 7) is 3.18. The quantitative estimate of drug-likeness (QED) is 0.929. The Morgan fingerprint density at radius 3 is 2.70 bits per heavy atom. The highest BCUT2D eigenvalue weighted by molar-refractivity contribution is 5.65. The maximum absolute atomic E-state index is 9.37. The maximum Gasteiger partial charge on any atom is 0.225 e. The van der Waals surface area contributed by atoms with Crippen molar-refractivity contribution in [2.24, 2.45) is 0 Å². The largest absolute Gasteiger partial charge is 0.394 e. The van der Waals surface area contributed by atoms with Gasteiger partial charge in [0.2, 0.25) is 5.95 Å². The number of aromatic nitrogens is 2. The minimum absolute atomic E-state index is 0.166. The average molecular weight is 269 g/mol. The summed E-state index contributed by atoms with van der Waals surface area (Å²) in [6, 6.07) is 8.40. The predicted molar refractivity (Wildman–Crippen MR) is 79.7 cm³/mol. The molecule has 1 aromatic carbocycles. The third kappa shape index (κ3) is 2.39. The molecule has 1 atom stereocenters. The average Bonchev–Trinajstić information content (AvgIpc) is 2.96. The molecule has 0 amide bonds. The van der Waals surface area contributed by atoms with E-state index in [2.05, 4.69) is 33.9 Å². The van der Waals surface area contributed by atoms with Crippen molar-refractivity contribution in [3.63, 3.8) is 0 Å². The lowest BCUT2D eigenvalue weighted by atomic mass is 10.0. The summed E-state index contributed by atoms with van der Waals surface area (Å²) in [5.74, 6) is 0.721. The molecule has 4 heteroatoms. The molecule has 0 radical (unpaired) electrons. The third-order valence-corrected chi connectivity index (χ3v) is 3.94. The van der Waals surface area contributed by atoms with Gasteiger partial charge >= 0.3 is 0 Å². The van der Waals surface area contributed by atoms with Gasteiger partial charge in [0.1, 0.15) is 0 Å². The van der Waals surface area contributed by atoms with Crippen LogP contribution in [0.15, 0.2) is 36.7 Å². The molecule has 104 valence electrons. The van der Waals surface area contributed by atoms with E-state index in [1.807, 2.05) is 24.5 Å². The fraction of sp³-hybridized carbons (Fsp3) is 0.375. The lowest BCUT2D eigenvalue weighted by molar-refractivity contribution is 0.265. The molecule has 1 N–H and O–H groups in total. The molecule has 0 bridgehead atoms. The van der Waals surface area contributed by atoms with Crippen LogP contribution in [0, 0.1) is 6.92 Å². The van der Waals surface area contributed by atoms with E-state index < -0.39 is 0 Å². The van der Waals surface area contributed by atoms with Crippen molar-refractivity contribution < 1.29 is 5.11 Å². The van der Waals surface area contributed by atoms with Gasteiger partial charge in [0.25, 0.3) is 0 Å². The van der Waals surface area contributed by atoms with Crippen LogP contribution in [0.3, 0.4) is 0 Å². The Morgan fingerprint density at radius 1 is 1.25 bits per heavy atom. The van der Waals surface area contributed by atoms with Crippen molar-refractivity contribution in [2.45, 2.75) is 25.8 Å². The molecule has 0 spiro atoms. The van der Waals surface area contributed by atoms with E-state index >= 15 is 0 Å².